The molecule has 0 radical (unpaired) electrons. The highest BCUT2D eigenvalue weighted by molar-refractivity contribution is 7.90. The molecular formula is C10H12ClN3O6S2. The first-order chi connectivity index (χ1) is 10.0. The highest BCUT2D eigenvalue weighted by Crippen LogP contribution is 2.33. The predicted octanol–water partition coefficient (Wildman–Crippen LogP) is -0.420. The molecular weight excluding hydrogens is 358 g/mol. The van der Waals surface area contributed by atoms with Gasteiger partial charge in [-0.1, -0.05) is 11.6 Å². The van der Waals surface area contributed by atoms with E-state index in [2.05, 4.69) is 10.0 Å². The van der Waals surface area contributed by atoms with E-state index < -0.39 is 37.1 Å². The van der Waals surface area contributed by atoms with Crippen LogP contribution in [0.1, 0.15) is 6.92 Å². The molecule has 1 aliphatic heterocycles. The number of anilines is 1. The molecule has 4 N–H and O–H groups in total. The Bertz CT molecular complexity index is 836. The second-order valence-corrected chi connectivity index (χ2v) is 8.06. The van der Waals surface area contributed by atoms with Crippen molar-refractivity contribution in [2.45, 2.75) is 22.9 Å². The highest BCUT2D eigenvalue weighted by Gasteiger charge is 2.32. The van der Waals surface area contributed by atoms with E-state index in [1.807, 2.05) is 0 Å². The largest absolute Gasteiger partial charge is 0.462 e. The Balaban J connectivity index is 2.47. The second-order valence-electron chi connectivity index (χ2n) is 4.44. The molecule has 0 aromatic heterocycles. The van der Waals surface area contributed by atoms with Gasteiger partial charge in [0.15, 0.2) is 0 Å². The lowest BCUT2D eigenvalue weighted by molar-refractivity contribution is -0.141. The number of carbonyl (C=O) groups is 1. The summed E-state index contributed by atoms with van der Waals surface area (Å²) in [5, 5.41) is 7.50. The smallest absolute Gasteiger partial charge is 0.302 e. The van der Waals surface area contributed by atoms with E-state index in [0.29, 0.717) is 0 Å². The molecule has 1 unspecified atom stereocenters. The molecule has 1 heterocycles. The van der Waals surface area contributed by atoms with Crippen LogP contribution in [0.5, 0.6) is 0 Å². The summed E-state index contributed by atoms with van der Waals surface area (Å²) in [6, 6.07) is 2.00. The molecule has 122 valence electrons. The third kappa shape index (κ3) is 3.50. The first kappa shape index (κ1) is 17.0. The number of ether oxygens (including phenoxy) is 1. The van der Waals surface area contributed by atoms with Gasteiger partial charge in [0, 0.05) is 6.92 Å². The summed E-state index contributed by atoms with van der Waals surface area (Å²) in [4.78, 5) is 9.95. The van der Waals surface area contributed by atoms with Crippen LogP contribution < -0.4 is 15.2 Å². The number of nitrogens with two attached hydrogens (primary N) is 1. The van der Waals surface area contributed by atoms with Crippen molar-refractivity contribution >= 4 is 43.3 Å². The molecule has 0 aliphatic carbocycles. The van der Waals surface area contributed by atoms with Gasteiger partial charge < -0.3 is 10.1 Å². The Morgan fingerprint density at radius 3 is 2.64 bits per heavy atom. The zero-order valence-electron chi connectivity index (χ0n) is 11.2. The Labute approximate surface area is 131 Å². The molecule has 2 rings (SSSR count). The number of hydrogen-bond acceptors (Lipinski definition) is 7. The van der Waals surface area contributed by atoms with E-state index in [-0.39, 0.29) is 22.2 Å². The van der Waals surface area contributed by atoms with E-state index in [9.17, 15) is 21.6 Å². The van der Waals surface area contributed by atoms with Crippen LogP contribution in [0.2, 0.25) is 5.02 Å². The van der Waals surface area contributed by atoms with Gasteiger partial charge >= 0.3 is 5.97 Å². The number of esters is 1. The maximum Gasteiger partial charge on any atom is 0.302 e. The maximum atomic E-state index is 12.1. The molecule has 1 aliphatic rings. The number of primary sulfonamides is 1. The number of fused-ring (bicyclic) bond motifs is 1. The summed E-state index contributed by atoms with van der Waals surface area (Å²) < 4.78 is 54.0. The summed E-state index contributed by atoms with van der Waals surface area (Å²) in [6.45, 7) is 0.934. The SMILES string of the molecule is CC(=O)OCC1Nc2cc(Cl)c(S(N)(=O)=O)cc2S(=O)(=O)N1. The number of nitrogens with one attached hydrogen (secondary N) is 2. The summed E-state index contributed by atoms with van der Waals surface area (Å²) in [7, 11) is -8.19. The Morgan fingerprint density at radius 1 is 1.45 bits per heavy atom. The number of hydrogen-bond donors (Lipinski definition) is 3. The van der Waals surface area contributed by atoms with Crippen molar-refractivity contribution in [1.82, 2.24) is 4.72 Å². The Hall–Kier alpha value is -1.40. The third-order valence-electron chi connectivity index (χ3n) is 2.71. The lowest BCUT2D eigenvalue weighted by atomic mass is 10.3. The third-order valence-corrected chi connectivity index (χ3v) is 5.60. The van der Waals surface area contributed by atoms with Crippen LogP contribution in [-0.2, 0) is 29.6 Å². The zero-order valence-corrected chi connectivity index (χ0v) is 13.5. The van der Waals surface area contributed by atoms with Crippen LogP contribution >= 0.6 is 11.6 Å². The van der Waals surface area contributed by atoms with Gasteiger partial charge in [0.2, 0.25) is 20.0 Å². The fourth-order valence-electron chi connectivity index (χ4n) is 1.83. The van der Waals surface area contributed by atoms with Crippen molar-refractivity contribution in [3.05, 3.63) is 17.2 Å². The molecule has 0 amide bonds. The van der Waals surface area contributed by atoms with Gasteiger partial charge in [0.05, 0.1) is 10.7 Å². The van der Waals surface area contributed by atoms with Gasteiger partial charge in [0.1, 0.15) is 22.6 Å². The lowest BCUT2D eigenvalue weighted by Crippen LogP contribution is -2.47. The molecule has 1 aromatic rings. The summed E-state index contributed by atoms with van der Waals surface area (Å²) in [5.74, 6) is -0.575. The molecule has 0 spiro atoms. The minimum Gasteiger partial charge on any atom is -0.462 e. The first-order valence-corrected chi connectivity index (χ1v) is 9.20. The number of benzene rings is 1. The monoisotopic (exact) mass is 369 g/mol. The quantitative estimate of drug-likeness (QED) is 0.613. The summed E-state index contributed by atoms with van der Waals surface area (Å²) >= 11 is 5.81. The number of carbonyl (C=O) groups excluding carboxylic acids is 1. The van der Waals surface area contributed by atoms with E-state index >= 15 is 0 Å². The zero-order chi connectivity index (χ0) is 16.7. The van der Waals surface area contributed by atoms with Crippen LogP contribution in [-0.4, -0.2) is 35.6 Å². The molecule has 22 heavy (non-hydrogen) atoms. The molecule has 9 nitrogen and oxygen atoms in total. The van der Waals surface area contributed by atoms with Gasteiger partial charge in [-0.15, -0.1) is 0 Å². The highest BCUT2D eigenvalue weighted by atomic mass is 35.5. The average molecular weight is 370 g/mol. The van der Waals surface area contributed by atoms with Crippen LogP contribution in [0.3, 0.4) is 0 Å². The Kier molecular flexibility index (Phi) is 4.37. The van der Waals surface area contributed by atoms with Crippen molar-refractivity contribution in [2.24, 2.45) is 5.14 Å². The van der Waals surface area contributed by atoms with E-state index in [1.54, 1.807) is 0 Å². The van der Waals surface area contributed by atoms with Gasteiger partial charge in [-0.05, 0) is 12.1 Å². The van der Waals surface area contributed by atoms with Crippen molar-refractivity contribution in [3.63, 3.8) is 0 Å². The van der Waals surface area contributed by atoms with E-state index in [4.69, 9.17) is 21.5 Å². The second kappa shape index (κ2) is 5.66. The maximum absolute atomic E-state index is 12.1. The molecule has 0 bridgehead atoms. The lowest BCUT2D eigenvalue weighted by Gasteiger charge is -2.28. The van der Waals surface area contributed by atoms with Gasteiger partial charge in [0.25, 0.3) is 0 Å². The predicted molar refractivity (Wildman–Crippen MR) is 77.2 cm³/mol. The van der Waals surface area contributed by atoms with Crippen molar-refractivity contribution in [2.75, 3.05) is 11.9 Å². The normalized spacial score (nSPS) is 19.9. The van der Waals surface area contributed by atoms with Crippen LogP contribution in [0, 0.1) is 0 Å². The van der Waals surface area contributed by atoms with Gasteiger partial charge in [-0.2, -0.15) is 4.72 Å². The average Bonchev–Trinajstić information content (AvgIpc) is 2.33. The fraction of sp³-hybridized carbons (Fsp3) is 0.300. The Morgan fingerprint density at radius 2 is 2.09 bits per heavy atom. The van der Waals surface area contributed by atoms with Crippen molar-refractivity contribution < 1.29 is 26.4 Å². The minimum atomic E-state index is -4.17. The molecule has 12 heteroatoms. The summed E-state index contributed by atoms with van der Waals surface area (Å²) in [5.41, 5.74) is 0.0771. The van der Waals surface area contributed by atoms with E-state index in [1.165, 1.54) is 6.92 Å². The topological polar surface area (TPSA) is 145 Å². The standard InChI is InChI=1S/C10H12ClN3O6S2/c1-5(15)20-4-10-13-7-2-6(11)8(21(12,16)17)3-9(7)22(18,19)14-10/h2-3,10,13-14H,4H2,1H3,(H2,12,16,17). The number of rotatable bonds is 3. The molecule has 0 saturated heterocycles. The van der Waals surface area contributed by atoms with E-state index in [0.717, 1.165) is 12.1 Å². The molecule has 0 saturated carbocycles. The number of sulfonamides is 2. The molecule has 1 atom stereocenters. The van der Waals surface area contributed by atoms with Crippen molar-refractivity contribution in [1.29, 1.82) is 0 Å². The number of halogens is 1. The fourth-order valence-corrected chi connectivity index (χ4v) is 4.31. The van der Waals surface area contributed by atoms with Crippen LogP contribution in [0.15, 0.2) is 21.9 Å². The van der Waals surface area contributed by atoms with Gasteiger partial charge in [-0.3, -0.25) is 4.79 Å². The summed E-state index contributed by atoms with van der Waals surface area (Å²) in [6.07, 6.45) is -0.905. The first-order valence-electron chi connectivity index (χ1n) is 5.79. The molecule has 0 fully saturated rings. The van der Waals surface area contributed by atoms with Gasteiger partial charge in [-0.25, -0.2) is 22.0 Å². The minimum absolute atomic E-state index is 0.0771. The molecule has 1 aromatic carbocycles. The van der Waals surface area contributed by atoms with Crippen molar-refractivity contribution in [3.8, 4) is 0 Å². The van der Waals surface area contributed by atoms with Crippen LogP contribution in [0.25, 0.3) is 0 Å². The van der Waals surface area contributed by atoms with Crippen LogP contribution in [0.4, 0.5) is 5.69 Å².